The molecular weight excluding hydrogens is 412 g/mol. The summed E-state index contributed by atoms with van der Waals surface area (Å²) in [7, 11) is -3.47. The lowest BCUT2D eigenvalue weighted by Crippen LogP contribution is -2.07. The van der Waals surface area contributed by atoms with E-state index in [1.807, 2.05) is 0 Å². The van der Waals surface area contributed by atoms with Crippen molar-refractivity contribution >= 4 is 20.9 Å². The van der Waals surface area contributed by atoms with Crippen LogP contribution in [0.2, 0.25) is 0 Å². The Kier molecular flexibility index (Phi) is 4.23. The molecule has 2 aromatic heterocycles. The van der Waals surface area contributed by atoms with Crippen LogP contribution in [0, 0.1) is 5.82 Å². The monoisotopic (exact) mass is 424 g/mol. The first-order valence-electron chi connectivity index (χ1n) is 8.16. The number of benzene rings is 2. The van der Waals surface area contributed by atoms with E-state index in [4.69, 9.17) is 0 Å². The molecule has 1 N–H and O–H groups in total. The third kappa shape index (κ3) is 3.60. The standard InChI is InChI=1S/C18H12F4N4O2S/c1-29(27,28)12-5-3-11(4-6-12)26-15(9-16(25-26)18(20,21)22)17-23-13-7-2-10(19)8-14(13)24-17/h2-9H,1H3,(H,23,24). The molecule has 29 heavy (non-hydrogen) atoms. The Labute approximate surface area is 161 Å². The molecule has 0 saturated heterocycles. The van der Waals surface area contributed by atoms with E-state index in [0.29, 0.717) is 11.0 Å². The number of hydrogen-bond acceptors (Lipinski definition) is 4. The van der Waals surface area contributed by atoms with Crippen LogP contribution in [0.3, 0.4) is 0 Å². The van der Waals surface area contributed by atoms with Crippen molar-refractivity contribution in [2.24, 2.45) is 0 Å². The first-order valence-corrected chi connectivity index (χ1v) is 10.0. The van der Waals surface area contributed by atoms with Gasteiger partial charge in [0, 0.05) is 12.3 Å². The fourth-order valence-corrected chi connectivity index (χ4v) is 3.45. The summed E-state index contributed by atoms with van der Waals surface area (Å²) in [6.07, 6.45) is -3.68. The van der Waals surface area contributed by atoms with Crippen molar-refractivity contribution in [2.75, 3.05) is 6.26 Å². The van der Waals surface area contributed by atoms with Gasteiger partial charge in [0.05, 0.1) is 21.6 Å². The Bertz CT molecular complexity index is 1320. The molecule has 0 bridgehead atoms. The lowest BCUT2D eigenvalue weighted by molar-refractivity contribution is -0.141. The SMILES string of the molecule is CS(=O)(=O)c1ccc(-n2nc(C(F)(F)F)cc2-c2nc3ccc(F)cc3[nH]2)cc1. The van der Waals surface area contributed by atoms with Crippen LogP contribution in [0.15, 0.2) is 53.4 Å². The fourth-order valence-electron chi connectivity index (χ4n) is 2.82. The second kappa shape index (κ2) is 6.41. The number of imidazole rings is 1. The minimum Gasteiger partial charge on any atom is -0.337 e. The van der Waals surface area contributed by atoms with E-state index in [-0.39, 0.29) is 22.1 Å². The molecular formula is C18H12F4N4O2S. The predicted molar refractivity (Wildman–Crippen MR) is 96.7 cm³/mol. The summed E-state index contributed by atoms with van der Waals surface area (Å²) in [6, 6.07) is 9.82. The number of hydrogen-bond donors (Lipinski definition) is 1. The molecule has 6 nitrogen and oxygen atoms in total. The number of fused-ring (bicyclic) bond motifs is 1. The molecule has 2 heterocycles. The van der Waals surface area contributed by atoms with Crippen LogP contribution < -0.4 is 0 Å². The van der Waals surface area contributed by atoms with Gasteiger partial charge in [-0.15, -0.1) is 0 Å². The summed E-state index contributed by atoms with van der Waals surface area (Å²) in [6.45, 7) is 0. The predicted octanol–water partition coefficient (Wildman–Crippen LogP) is 3.98. The average molecular weight is 424 g/mol. The zero-order valence-electron chi connectivity index (χ0n) is 14.7. The normalized spacial score (nSPS) is 12.6. The van der Waals surface area contributed by atoms with E-state index in [1.165, 1.54) is 42.5 Å². The van der Waals surface area contributed by atoms with Crippen LogP contribution in [0.1, 0.15) is 5.69 Å². The maximum atomic E-state index is 13.4. The molecule has 4 aromatic rings. The van der Waals surface area contributed by atoms with Crippen molar-refractivity contribution in [1.82, 2.24) is 19.7 Å². The highest BCUT2D eigenvalue weighted by Gasteiger charge is 2.35. The van der Waals surface area contributed by atoms with Gasteiger partial charge in [0.2, 0.25) is 0 Å². The first kappa shape index (κ1) is 19.1. The van der Waals surface area contributed by atoms with Gasteiger partial charge in [0.1, 0.15) is 11.5 Å². The Morgan fingerprint density at radius 3 is 2.34 bits per heavy atom. The Balaban J connectivity index is 1.90. The van der Waals surface area contributed by atoms with Crippen LogP contribution >= 0.6 is 0 Å². The Morgan fingerprint density at radius 1 is 1.03 bits per heavy atom. The molecule has 150 valence electrons. The van der Waals surface area contributed by atoms with Crippen molar-refractivity contribution in [3.8, 4) is 17.2 Å². The van der Waals surface area contributed by atoms with Gasteiger partial charge in [-0.05, 0) is 42.5 Å². The van der Waals surface area contributed by atoms with Gasteiger partial charge in [-0.3, -0.25) is 0 Å². The molecule has 0 saturated carbocycles. The highest BCUT2D eigenvalue weighted by Crippen LogP contribution is 2.33. The molecule has 4 rings (SSSR count). The molecule has 0 unspecified atom stereocenters. The molecule has 0 aliphatic carbocycles. The van der Waals surface area contributed by atoms with Crippen LogP contribution in [0.25, 0.3) is 28.2 Å². The summed E-state index contributed by atoms with van der Waals surface area (Å²) in [5, 5.41) is 3.62. The van der Waals surface area contributed by atoms with E-state index in [0.717, 1.165) is 17.0 Å². The van der Waals surface area contributed by atoms with Crippen molar-refractivity contribution in [2.45, 2.75) is 11.1 Å². The number of aromatic amines is 1. The van der Waals surface area contributed by atoms with E-state index in [1.54, 1.807) is 0 Å². The average Bonchev–Trinajstić information content (AvgIpc) is 3.24. The molecule has 0 fully saturated rings. The number of rotatable bonds is 3. The summed E-state index contributed by atoms with van der Waals surface area (Å²) in [5.41, 5.74) is -0.272. The fraction of sp³-hybridized carbons (Fsp3) is 0.111. The maximum absolute atomic E-state index is 13.4. The minimum atomic E-state index is -4.70. The van der Waals surface area contributed by atoms with Gasteiger partial charge in [0.15, 0.2) is 21.4 Å². The first-order chi connectivity index (χ1) is 13.5. The maximum Gasteiger partial charge on any atom is 0.435 e. The van der Waals surface area contributed by atoms with E-state index in [2.05, 4.69) is 15.1 Å². The van der Waals surface area contributed by atoms with Crippen molar-refractivity contribution in [1.29, 1.82) is 0 Å². The van der Waals surface area contributed by atoms with Gasteiger partial charge >= 0.3 is 6.18 Å². The molecule has 0 amide bonds. The highest BCUT2D eigenvalue weighted by molar-refractivity contribution is 7.90. The molecule has 0 radical (unpaired) electrons. The van der Waals surface area contributed by atoms with Gasteiger partial charge < -0.3 is 4.98 Å². The number of aromatic nitrogens is 4. The van der Waals surface area contributed by atoms with E-state index in [9.17, 15) is 26.0 Å². The summed E-state index contributed by atoms with van der Waals surface area (Å²) in [5.74, 6) is -0.464. The summed E-state index contributed by atoms with van der Waals surface area (Å²) < 4.78 is 77.4. The molecule has 0 aliphatic heterocycles. The number of nitrogens with zero attached hydrogens (tertiary/aromatic N) is 3. The Morgan fingerprint density at radius 2 is 1.72 bits per heavy atom. The van der Waals surface area contributed by atoms with E-state index >= 15 is 0 Å². The van der Waals surface area contributed by atoms with Gasteiger partial charge in [-0.1, -0.05) is 0 Å². The third-order valence-electron chi connectivity index (χ3n) is 4.20. The minimum absolute atomic E-state index is 0.0129. The molecule has 0 atom stereocenters. The molecule has 2 aromatic carbocycles. The van der Waals surface area contributed by atoms with Crippen LogP contribution in [-0.4, -0.2) is 34.4 Å². The van der Waals surface area contributed by atoms with Gasteiger partial charge in [-0.25, -0.2) is 22.5 Å². The van der Waals surface area contributed by atoms with Gasteiger partial charge in [-0.2, -0.15) is 18.3 Å². The summed E-state index contributed by atoms with van der Waals surface area (Å²) >= 11 is 0. The lowest BCUT2D eigenvalue weighted by Gasteiger charge is -2.07. The second-order valence-corrected chi connectivity index (χ2v) is 8.35. The summed E-state index contributed by atoms with van der Waals surface area (Å²) in [4.78, 5) is 7.02. The molecule has 0 spiro atoms. The molecule has 0 aliphatic rings. The number of halogens is 4. The van der Waals surface area contributed by atoms with Crippen molar-refractivity contribution in [3.05, 3.63) is 60.0 Å². The number of alkyl halides is 3. The molecule has 11 heteroatoms. The van der Waals surface area contributed by atoms with Crippen LogP contribution in [-0.2, 0) is 16.0 Å². The van der Waals surface area contributed by atoms with Gasteiger partial charge in [0.25, 0.3) is 0 Å². The number of nitrogens with one attached hydrogen (secondary N) is 1. The third-order valence-corrected chi connectivity index (χ3v) is 5.32. The van der Waals surface area contributed by atoms with Crippen LogP contribution in [0.4, 0.5) is 17.6 Å². The Hall–Kier alpha value is -3.21. The van der Waals surface area contributed by atoms with Crippen molar-refractivity contribution in [3.63, 3.8) is 0 Å². The lowest BCUT2D eigenvalue weighted by atomic mass is 10.3. The van der Waals surface area contributed by atoms with E-state index < -0.39 is 27.5 Å². The van der Waals surface area contributed by atoms with Crippen molar-refractivity contribution < 1.29 is 26.0 Å². The largest absolute Gasteiger partial charge is 0.435 e. The second-order valence-electron chi connectivity index (χ2n) is 6.34. The zero-order valence-corrected chi connectivity index (χ0v) is 15.5. The highest BCUT2D eigenvalue weighted by atomic mass is 32.2. The smallest absolute Gasteiger partial charge is 0.337 e. The quantitative estimate of drug-likeness (QED) is 0.505. The number of H-pyrrole nitrogens is 1. The zero-order chi connectivity index (χ0) is 21.0. The topological polar surface area (TPSA) is 80.6 Å². The number of sulfone groups is 1. The van der Waals surface area contributed by atoms with Crippen LogP contribution in [0.5, 0.6) is 0 Å².